The average Bonchev–Trinajstić information content (AvgIpc) is 3.25. The van der Waals surface area contributed by atoms with Gasteiger partial charge in [0.05, 0.1) is 12.4 Å². The second-order valence-electron chi connectivity index (χ2n) is 10.9. The summed E-state index contributed by atoms with van der Waals surface area (Å²) < 4.78 is 7.78. The molecule has 2 heterocycles. The van der Waals surface area contributed by atoms with E-state index in [1.165, 1.54) is 11.9 Å². The number of hydrogen-bond acceptors (Lipinski definition) is 7. The lowest BCUT2D eigenvalue weighted by Gasteiger charge is -2.28. The highest BCUT2D eigenvalue weighted by Crippen LogP contribution is 2.23. The zero-order valence-electron chi connectivity index (χ0n) is 23.0. The highest BCUT2D eigenvalue weighted by Gasteiger charge is 2.17. The minimum Gasteiger partial charge on any atom is -0.382 e. The second-order valence-corrected chi connectivity index (χ2v) is 10.9. The van der Waals surface area contributed by atoms with Crippen LogP contribution in [0.1, 0.15) is 46.6 Å². The molecule has 0 bridgehead atoms. The van der Waals surface area contributed by atoms with Gasteiger partial charge in [0.1, 0.15) is 11.8 Å². The molecule has 0 saturated heterocycles. The fraction of sp³-hybridized carbons (Fsp3) is 0.556. The van der Waals surface area contributed by atoms with Crippen LogP contribution in [0.5, 0.6) is 0 Å². The van der Waals surface area contributed by atoms with Crippen LogP contribution in [0.25, 0.3) is 11.2 Å². The molecule has 1 unspecified atom stereocenters. The number of nitrogens with two attached hydrogens (primary N) is 1. The van der Waals surface area contributed by atoms with Crippen molar-refractivity contribution in [3.63, 3.8) is 0 Å². The number of aryl methyl sites for hydroxylation is 1. The molecule has 3 rings (SSSR count). The minimum atomic E-state index is -0.204. The van der Waals surface area contributed by atoms with E-state index >= 15 is 0 Å². The summed E-state index contributed by atoms with van der Waals surface area (Å²) >= 11 is 0. The van der Waals surface area contributed by atoms with Gasteiger partial charge in [-0.05, 0) is 35.4 Å². The van der Waals surface area contributed by atoms with Gasteiger partial charge in [-0.2, -0.15) is 0 Å². The highest BCUT2D eigenvalue weighted by atomic mass is 16.5. The highest BCUT2D eigenvalue weighted by molar-refractivity contribution is 5.89. The molecule has 37 heavy (non-hydrogen) atoms. The fourth-order valence-electron chi connectivity index (χ4n) is 4.25. The number of amides is 2. The van der Waals surface area contributed by atoms with Crippen LogP contribution in [0, 0.1) is 5.92 Å². The Bertz CT molecular complexity index is 1140. The number of hydrogen-bond donors (Lipinski definition) is 3. The molecule has 10 heteroatoms. The molecule has 4 N–H and O–H groups in total. The van der Waals surface area contributed by atoms with Crippen LogP contribution in [0.15, 0.2) is 36.9 Å². The summed E-state index contributed by atoms with van der Waals surface area (Å²) in [6, 6.07) is 7.79. The molecule has 2 amide bonds. The van der Waals surface area contributed by atoms with Crippen LogP contribution in [-0.4, -0.2) is 69.8 Å². The summed E-state index contributed by atoms with van der Waals surface area (Å²) in [5.74, 6) is 0.874. The molecule has 1 atom stereocenters. The Hall–Kier alpha value is -3.24. The molecule has 0 saturated carbocycles. The van der Waals surface area contributed by atoms with Crippen molar-refractivity contribution < 1.29 is 9.53 Å². The maximum absolute atomic E-state index is 12.4. The number of carbonyl (C=O) groups excluding carboxylic acids is 1. The summed E-state index contributed by atoms with van der Waals surface area (Å²) in [4.78, 5) is 27.4. The van der Waals surface area contributed by atoms with E-state index in [-0.39, 0.29) is 17.6 Å². The summed E-state index contributed by atoms with van der Waals surface area (Å²) in [7, 11) is 1.74. The average molecular weight is 511 g/mol. The molecular formula is C27H42N8O2. The van der Waals surface area contributed by atoms with E-state index in [0.29, 0.717) is 30.3 Å². The molecule has 0 radical (unpaired) electrons. The van der Waals surface area contributed by atoms with E-state index < -0.39 is 0 Å². The first-order chi connectivity index (χ1) is 17.6. The molecule has 2 aromatic heterocycles. The van der Waals surface area contributed by atoms with Crippen LogP contribution in [0.4, 0.5) is 16.3 Å². The number of imidazole rings is 1. The summed E-state index contributed by atoms with van der Waals surface area (Å²) in [6.45, 7) is 14.5. The normalized spacial score (nSPS) is 12.9. The number of nitrogens with one attached hydrogen (secondary N) is 2. The second kappa shape index (κ2) is 12.8. The van der Waals surface area contributed by atoms with Crippen LogP contribution in [0.3, 0.4) is 0 Å². The van der Waals surface area contributed by atoms with Gasteiger partial charge < -0.3 is 25.7 Å². The number of ether oxygens (including phenoxy) is 1. The number of benzene rings is 1. The molecule has 1 aromatic carbocycles. The topological polar surface area (TPSA) is 123 Å². The van der Waals surface area contributed by atoms with Crippen molar-refractivity contribution >= 4 is 28.7 Å². The van der Waals surface area contributed by atoms with Crippen LogP contribution < -0.4 is 16.4 Å². The number of nitrogen functional groups attached to an aromatic ring is 1. The van der Waals surface area contributed by atoms with Gasteiger partial charge >= 0.3 is 6.03 Å². The van der Waals surface area contributed by atoms with Gasteiger partial charge in [0.15, 0.2) is 11.5 Å². The predicted molar refractivity (Wildman–Crippen MR) is 149 cm³/mol. The number of urea groups is 1. The largest absolute Gasteiger partial charge is 0.382 e. The zero-order valence-corrected chi connectivity index (χ0v) is 23.0. The summed E-state index contributed by atoms with van der Waals surface area (Å²) in [6.07, 6.45) is 4.01. The third-order valence-corrected chi connectivity index (χ3v) is 6.26. The lowest BCUT2D eigenvalue weighted by Crippen LogP contribution is -2.42. The Kier molecular flexibility index (Phi) is 9.82. The Morgan fingerprint density at radius 1 is 1.14 bits per heavy atom. The molecule has 202 valence electrons. The maximum Gasteiger partial charge on any atom is 0.319 e. The Morgan fingerprint density at radius 2 is 1.86 bits per heavy atom. The molecular weight excluding hydrogens is 468 g/mol. The fourth-order valence-corrected chi connectivity index (χ4v) is 4.25. The van der Waals surface area contributed by atoms with Crippen molar-refractivity contribution in [1.82, 2.24) is 29.7 Å². The standard InChI is InChI=1S/C27H42N8O2/c1-19(2)15-34(14-12-29-26(36)33-21-9-7-20(8-10-21)27(3,4)5)16-22(37-6)11-13-35-18-32-23-24(28)30-17-31-25(23)35/h7-10,17-19,22H,11-16H2,1-6H3,(H2,28,30,31)(H2,29,33,36). The Balaban J connectivity index is 1.49. The molecule has 10 nitrogen and oxygen atoms in total. The smallest absolute Gasteiger partial charge is 0.319 e. The van der Waals surface area contributed by atoms with E-state index in [4.69, 9.17) is 10.5 Å². The first kappa shape index (κ1) is 28.3. The van der Waals surface area contributed by atoms with Crippen LogP contribution >= 0.6 is 0 Å². The number of fused-ring (bicyclic) bond motifs is 1. The number of aromatic nitrogens is 4. The van der Waals surface area contributed by atoms with Crippen molar-refractivity contribution in [2.24, 2.45) is 5.92 Å². The van der Waals surface area contributed by atoms with E-state index in [1.54, 1.807) is 13.4 Å². The zero-order chi connectivity index (χ0) is 27.0. The van der Waals surface area contributed by atoms with Crippen LogP contribution in [-0.2, 0) is 16.7 Å². The van der Waals surface area contributed by atoms with Gasteiger partial charge in [0, 0.05) is 45.5 Å². The third-order valence-electron chi connectivity index (χ3n) is 6.26. The van der Waals surface area contributed by atoms with E-state index in [2.05, 4.69) is 77.2 Å². The lowest BCUT2D eigenvalue weighted by atomic mass is 9.87. The monoisotopic (exact) mass is 510 g/mol. The maximum atomic E-state index is 12.4. The molecule has 0 aliphatic heterocycles. The first-order valence-corrected chi connectivity index (χ1v) is 12.9. The number of nitrogens with zero attached hydrogens (tertiary/aromatic N) is 5. The van der Waals surface area contributed by atoms with E-state index in [9.17, 15) is 4.79 Å². The number of rotatable bonds is 12. The van der Waals surface area contributed by atoms with Crippen molar-refractivity contribution in [2.45, 2.75) is 59.1 Å². The van der Waals surface area contributed by atoms with Gasteiger partial charge in [-0.1, -0.05) is 46.8 Å². The molecule has 3 aromatic rings. The SMILES string of the molecule is COC(CCn1cnc2c(N)ncnc21)CN(CCNC(=O)Nc1ccc(C(C)(C)C)cc1)CC(C)C. The number of anilines is 2. The first-order valence-electron chi connectivity index (χ1n) is 12.9. The van der Waals surface area contributed by atoms with E-state index in [0.717, 1.165) is 37.4 Å². The van der Waals surface area contributed by atoms with Crippen molar-refractivity contribution in [3.8, 4) is 0 Å². The lowest BCUT2D eigenvalue weighted by molar-refractivity contribution is 0.0520. The van der Waals surface area contributed by atoms with Gasteiger partial charge in [-0.3, -0.25) is 4.90 Å². The van der Waals surface area contributed by atoms with Crippen molar-refractivity contribution in [2.75, 3.05) is 44.3 Å². The van der Waals surface area contributed by atoms with Crippen molar-refractivity contribution in [3.05, 3.63) is 42.5 Å². The molecule has 0 fully saturated rings. The Labute approximate surface area is 220 Å². The Morgan fingerprint density at radius 3 is 2.51 bits per heavy atom. The van der Waals surface area contributed by atoms with Gasteiger partial charge in [-0.25, -0.2) is 19.7 Å². The summed E-state index contributed by atoms with van der Waals surface area (Å²) in [5, 5.41) is 5.90. The molecule has 0 spiro atoms. The van der Waals surface area contributed by atoms with E-state index in [1.807, 2.05) is 16.7 Å². The third kappa shape index (κ3) is 8.40. The predicted octanol–water partition coefficient (Wildman–Crippen LogP) is 3.89. The molecule has 0 aliphatic rings. The minimum absolute atomic E-state index is 0.0190. The van der Waals surface area contributed by atoms with Crippen molar-refractivity contribution in [1.29, 1.82) is 0 Å². The molecule has 0 aliphatic carbocycles. The number of methoxy groups -OCH3 is 1. The quantitative estimate of drug-likeness (QED) is 0.338. The van der Waals surface area contributed by atoms with Gasteiger partial charge in [0.25, 0.3) is 0 Å². The van der Waals surface area contributed by atoms with Gasteiger partial charge in [-0.15, -0.1) is 0 Å². The van der Waals surface area contributed by atoms with Gasteiger partial charge in [0.2, 0.25) is 0 Å². The summed E-state index contributed by atoms with van der Waals surface area (Å²) in [5.41, 5.74) is 9.34. The van der Waals surface area contributed by atoms with Crippen LogP contribution in [0.2, 0.25) is 0 Å². The number of carbonyl (C=O) groups is 1.